The third-order valence-corrected chi connectivity index (χ3v) is 4.49. The highest BCUT2D eigenvalue weighted by atomic mass is 35.5. The van der Waals surface area contributed by atoms with Crippen molar-refractivity contribution < 1.29 is 9.59 Å². The van der Waals surface area contributed by atoms with Crippen LogP contribution in [0.4, 0.5) is 4.79 Å². The zero-order chi connectivity index (χ0) is 16.0. The van der Waals surface area contributed by atoms with Crippen LogP contribution < -0.4 is 0 Å². The van der Waals surface area contributed by atoms with Gasteiger partial charge in [0.2, 0.25) is 0 Å². The highest BCUT2D eigenvalue weighted by molar-refractivity contribution is 7.80. The molecule has 1 fully saturated rings. The van der Waals surface area contributed by atoms with E-state index in [1.54, 1.807) is 18.0 Å². The van der Waals surface area contributed by atoms with Crippen LogP contribution in [0.25, 0.3) is 0 Å². The SMILES string of the molecule is CN1C(=O)C2C(=NC(=S)N2Cc2ccccc2Cl)N(C)C1=O. The van der Waals surface area contributed by atoms with E-state index in [0.29, 0.717) is 17.4 Å². The maximum atomic E-state index is 12.5. The molecule has 0 N–H and O–H groups in total. The summed E-state index contributed by atoms with van der Waals surface area (Å²) in [5, 5.41) is 0.878. The molecule has 0 radical (unpaired) electrons. The number of thiocarbonyl (C=S) groups is 1. The zero-order valence-electron chi connectivity index (χ0n) is 12.0. The van der Waals surface area contributed by atoms with Crippen molar-refractivity contribution in [3.8, 4) is 0 Å². The first-order valence-corrected chi connectivity index (χ1v) is 7.38. The van der Waals surface area contributed by atoms with Crippen LogP contribution >= 0.6 is 23.8 Å². The van der Waals surface area contributed by atoms with Crippen LogP contribution in [0.5, 0.6) is 0 Å². The van der Waals surface area contributed by atoms with Crippen LogP contribution in [-0.2, 0) is 11.3 Å². The van der Waals surface area contributed by atoms with E-state index in [9.17, 15) is 9.59 Å². The number of urea groups is 1. The van der Waals surface area contributed by atoms with Crippen LogP contribution in [0.2, 0.25) is 5.02 Å². The first-order valence-electron chi connectivity index (χ1n) is 6.59. The summed E-state index contributed by atoms with van der Waals surface area (Å²) in [4.78, 5) is 32.8. The Morgan fingerprint density at radius 1 is 1.23 bits per heavy atom. The third-order valence-electron chi connectivity index (χ3n) is 3.79. The van der Waals surface area contributed by atoms with E-state index in [0.717, 1.165) is 10.5 Å². The Kier molecular flexibility index (Phi) is 3.62. The molecule has 114 valence electrons. The molecule has 2 aliphatic rings. The lowest BCUT2D eigenvalue weighted by Gasteiger charge is -2.36. The first kappa shape index (κ1) is 14.9. The molecule has 3 rings (SSSR count). The number of likely N-dealkylation sites (N-methyl/N-ethyl adjacent to an activating group) is 2. The standard InChI is InChI=1S/C14H13ClN4O2S/c1-17-11-10(12(20)18(2)14(17)21)19(13(22)16-11)7-8-5-3-4-6-9(8)15/h3-6,10H,7H2,1-2H3. The number of carbonyl (C=O) groups excluding carboxylic acids is 2. The summed E-state index contributed by atoms with van der Waals surface area (Å²) in [5.74, 6) is 0.0268. The molecule has 2 heterocycles. The molecule has 0 saturated carbocycles. The monoisotopic (exact) mass is 336 g/mol. The number of amidine groups is 1. The normalized spacial score (nSPS) is 21.4. The van der Waals surface area contributed by atoms with Crippen molar-refractivity contribution in [1.29, 1.82) is 0 Å². The fourth-order valence-electron chi connectivity index (χ4n) is 2.55. The summed E-state index contributed by atoms with van der Waals surface area (Å²) in [6.07, 6.45) is 0. The molecule has 8 heteroatoms. The average molecular weight is 337 g/mol. The van der Waals surface area contributed by atoms with E-state index in [2.05, 4.69) is 4.99 Å². The molecule has 1 aromatic rings. The van der Waals surface area contributed by atoms with Gasteiger partial charge in [0.1, 0.15) is 5.84 Å². The van der Waals surface area contributed by atoms with E-state index in [-0.39, 0.29) is 11.0 Å². The number of carbonyl (C=O) groups is 2. The lowest BCUT2D eigenvalue weighted by Crippen LogP contribution is -2.62. The van der Waals surface area contributed by atoms with Crippen molar-refractivity contribution in [3.05, 3.63) is 34.9 Å². The Hall–Kier alpha value is -1.99. The largest absolute Gasteiger partial charge is 0.331 e. The molecule has 0 aliphatic carbocycles. The van der Waals surface area contributed by atoms with Crippen molar-refractivity contribution in [3.63, 3.8) is 0 Å². The van der Waals surface area contributed by atoms with Crippen LogP contribution in [0.3, 0.4) is 0 Å². The molecular weight excluding hydrogens is 324 g/mol. The number of rotatable bonds is 2. The molecular formula is C14H13ClN4O2S. The molecule has 6 nitrogen and oxygen atoms in total. The summed E-state index contributed by atoms with van der Waals surface area (Å²) in [6.45, 7) is 0.359. The third kappa shape index (κ3) is 2.17. The van der Waals surface area contributed by atoms with Gasteiger partial charge in [-0.25, -0.2) is 9.79 Å². The van der Waals surface area contributed by atoms with E-state index >= 15 is 0 Å². The molecule has 0 bridgehead atoms. The number of nitrogens with zero attached hydrogens (tertiary/aromatic N) is 4. The molecule has 1 aromatic carbocycles. The summed E-state index contributed by atoms with van der Waals surface area (Å²) >= 11 is 11.4. The summed E-state index contributed by atoms with van der Waals surface area (Å²) in [5.41, 5.74) is 0.845. The molecule has 0 aromatic heterocycles. The van der Waals surface area contributed by atoms with E-state index in [4.69, 9.17) is 23.8 Å². The molecule has 3 amide bonds. The van der Waals surface area contributed by atoms with Crippen molar-refractivity contribution in [1.82, 2.24) is 14.7 Å². The second kappa shape index (κ2) is 5.33. The Morgan fingerprint density at radius 2 is 1.91 bits per heavy atom. The second-order valence-electron chi connectivity index (χ2n) is 5.11. The Bertz CT molecular complexity index is 721. The van der Waals surface area contributed by atoms with Crippen LogP contribution in [0.15, 0.2) is 29.3 Å². The number of hydrogen-bond acceptors (Lipinski definition) is 3. The number of amides is 3. The van der Waals surface area contributed by atoms with Crippen molar-refractivity contribution in [2.75, 3.05) is 14.1 Å². The number of hydrogen-bond donors (Lipinski definition) is 0. The maximum absolute atomic E-state index is 12.5. The van der Waals surface area contributed by atoms with Crippen molar-refractivity contribution in [2.24, 2.45) is 4.99 Å². The van der Waals surface area contributed by atoms with E-state index in [1.165, 1.54) is 11.9 Å². The summed E-state index contributed by atoms with van der Waals surface area (Å²) in [6, 6.07) is 6.25. The van der Waals surface area contributed by atoms with Gasteiger partial charge in [0.15, 0.2) is 11.2 Å². The lowest BCUT2D eigenvalue weighted by atomic mass is 10.1. The van der Waals surface area contributed by atoms with Gasteiger partial charge in [-0.2, -0.15) is 0 Å². The van der Waals surface area contributed by atoms with Gasteiger partial charge in [-0.3, -0.25) is 14.6 Å². The minimum absolute atomic E-state index is 0.281. The van der Waals surface area contributed by atoms with Gasteiger partial charge in [0, 0.05) is 25.7 Å². The predicted octanol–water partition coefficient (Wildman–Crippen LogP) is 1.73. The Labute approximate surface area is 137 Å². The number of fused-ring (bicyclic) bond motifs is 1. The van der Waals surface area contributed by atoms with Gasteiger partial charge in [0.05, 0.1) is 0 Å². The minimum atomic E-state index is -0.684. The maximum Gasteiger partial charge on any atom is 0.331 e. The van der Waals surface area contributed by atoms with Crippen LogP contribution in [0, 0.1) is 0 Å². The fourth-order valence-corrected chi connectivity index (χ4v) is 3.00. The van der Waals surface area contributed by atoms with Crippen LogP contribution in [-0.4, -0.2) is 57.7 Å². The topological polar surface area (TPSA) is 56.2 Å². The van der Waals surface area contributed by atoms with E-state index < -0.39 is 12.1 Å². The number of halogens is 1. The first-order chi connectivity index (χ1) is 10.4. The number of imide groups is 1. The molecule has 0 spiro atoms. The Morgan fingerprint density at radius 3 is 2.59 bits per heavy atom. The fraction of sp³-hybridized carbons (Fsp3) is 0.286. The lowest BCUT2D eigenvalue weighted by molar-refractivity contribution is -0.130. The van der Waals surface area contributed by atoms with Gasteiger partial charge in [0.25, 0.3) is 5.91 Å². The van der Waals surface area contributed by atoms with Crippen LogP contribution in [0.1, 0.15) is 5.56 Å². The quantitative estimate of drug-likeness (QED) is 0.772. The summed E-state index contributed by atoms with van der Waals surface area (Å²) in [7, 11) is 3.03. The molecule has 1 atom stereocenters. The zero-order valence-corrected chi connectivity index (χ0v) is 13.6. The smallest absolute Gasteiger partial charge is 0.324 e. The van der Waals surface area contributed by atoms with Gasteiger partial charge in [-0.05, 0) is 23.8 Å². The average Bonchev–Trinajstić information content (AvgIpc) is 2.82. The van der Waals surface area contributed by atoms with Gasteiger partial charge >= 0.3 is 6.03 Å². The molecule has 2 aliphatic heterocycles. The number of benzene rings is 1. The van der Waals surface area contributed by atoms with E-state index in [1.807, 2.05) is 18.2 Å². The molecule has 22 heavy (non-hydrogen) atoms. The van der Waals surface area contributed by atoms with Crippen molar-refractivity contribution in [2.45, 2.75) is 12.6 Å². The van der Waals surface area contributed by atoms with Crippen molar-refractivity contribution >= 4 is 46.7 Å². The van der Waals surface area contributed by atoms with Gasteiger partial charge < -0.3 is 4.90 Å². The van der Waals surface area contributed by atoms with Gasteiger partial charge in [-0.15, -0.1) is 0 Å². The second-order valence-corrected chi connectivity index (χ2v) is 5.89. The molecule has 1 saturated heterocycles. The molecule has 1 unspecified atom stereocenters. The predicted molar refractivity (Wildman–Crippen MR) is 86.7 cm³/mol. The van der Waals surface area contributed by atoms with Gasteiger partial charge in [-0.1, -0.05) is 29.8 Å². The summed E-state index contributed by atoms with van der Waals surface area (Å²) < 4.78 is 0. The minimum Gasteiger partial charge on any atom is -0.324 e. The Balaban J connectivity index is 1.95. The number of aliphatic imine (C=N–C) groups is 1. The highest BCUT2D eigenvalue weighted by Gasteiger charge is 2.48. The highest BCUT2D eigenvalue weighted by Crippen LogP contribution is 2.26.